The van der Waals surface area contributed by atoms with Gasteiger partial charge in [-0.05, 0) is 24.6 Å². The molecule has 11 heteroatoms. The molecule has 0 bridgehead atoms. The van der Waals surface area contributed by atoms with Gasteiger partial charge in [-0.15, -0.1) is 0 Å². The third kappa shape index (κ3) is 6.98. The molecular weight excluding hydrogens is 488 g/mol. The van der Waals surface area contributed by atoms with Crippen molar-refractivity contribution in [2.75, 3.05) is 6.61 Å². The number of carbonyl (C=O) groups is 4. The Kier molecular flexibility index (Phi) is 9.50. The second kappa shape index (κ2) is 12.4. The molecule has 1 aromatic rings. The molecule has 0 radical (unpaired) electrons. The van der Waals surface area contributed by atoms with Crippen LogP contribution in [0.5, 0.6) is 11.5 Å². The summed E-state index contributed by atoms with van der Waals surface area (Å²) in [4.78, 5) is 46.2. The standard InChI is InChI=1S/C26H34O11/c1-7-19-13(2)24(33-17(6)30)26(34-19)36-21-10-18(11-27)8-9-20(21)35-25-14(3)23(32-16(5)29)22(37-25)12-31-15(4)28/h8-11,13-14,19,22-26H,7,12H2,1-6H3/t13?,14-,19-,22-,23+,24+,25-,26+/m1/s1. The monoisotopic (exact) mass is 522 g/mol. The quantitative estimate of drug-likeness (QED) is 0.255. The number of hydrogen-bond donors (Lipinski definition) is 0. The van der Waals surface area contributed by atoms with Gasteiger partial charge in [0.25, 0.3) is 0 Å². The molecule has 2 saturated heterocycles. The van der Waals surface area contributed by atoms with E-state index in [9.17, 15) is 19.2 Å². The number of rotatable bonds is 10. The maximum Gasteiger partial charge on any atom is 0.303 e. The van der Waals surface area contributed by atoms with Crippen LogP contribution >= 0.6 is 0 Å². The maximum absolute atomic E-state index is 11.7. The van der Waals surface area contributed by atoms with Crippen LogP contribution < -0.4 is 9.47 Å². The summed E-state index contributed by atoms with van der Waals surface area (Å²) in [5.74, 6) is -1.63. The van der Waals surface area contributed by atoms with E-state index in [2.05, 4.69) is 0 Å². The first-order chi connectivity index (χ1) is 17.5. The number of benzene rings is 1. The number of hydrogen-bond acceptors (Lipinski definition) is 11. The Balaban J connectivity index is 1.85. The Morgan fingerprint density at radius 1 is 0.838 bits per heavy atom. The minimum absolute atomic E-state index is 0.123. The molecular formula is C26H34O11. The van der Waals surface area contributed by atoms with Crippen molar-refractivity contribution in [2.24, 2.45) is 11.8 Å². The smallest absolute Gasteiger partial charge is 0.303 e. The zero-order valence-corrected chi connectivity index (χ0v) is 21.8. The van der Waals surface area contributed by atoms with E-state index in [0.29, 0.717) is 18.3 Å². The summed E-state index contributed by atoms with van der Waals surface area (Å²) in [6.45, 7) is 9.38. The molecule has 0 amide bonds. The number of ether oxygens (including phenoxy) is 7. The van der Waals surface area contributed by atoms with Crippen LogP contribution in [0.15, 0.2) is 18.2 Å². The molecule has 2 heterocycles. The van der Waals surface area contributed by atoms with Crippen molar-refractivity contribution in [2.45, 2.75) is 85.0 Å². The SMILES string of the molecule is CC[C@H]1O[C@@H](Oc2cc(C=O)ccc2O[C@@H]2O[C@H](COC(C)=O)[C@@H](OC(C)=O)[C@H]2C)[C@@H](OC(C)=O)C1C. The first-order valence-electron chi connectivity index (χ1n) is 12.2. The van der Waals surface area contributed by atoms with Gasteiger partial charge < -0.3 is 33.2 Å². The lowest BCUT2D eigenvalue weighted by atomic mass is 9.99. The molecule has 11 nitrogen and oxygen atoms in total. The van der Waals surface area contributed by atoms with Gasteiger partial charge in [-0.25, -0.2) is 0 Å². The zero-order valence-electron chi connectivity index (χ0n) is 21.8. The molecule has 37 heavy (non-hydrogen) atoms. The van der Waals surface area contributed by atoms with E-state index >= 15 is 0 Å². The summed E-state index contributed by atoms with van der Waals surface area (Å²) in [5, 5.41) is 0. The van der Waals surface area contributed by atoms with Crippen LogP contribution in [0.25, 0.3) is 0 Å². The maximum atomic E-state index is 11.7. The van der Waals surface area contributed by atoms with Crippen LogP contribution in [-0.4, -0.2) is 67.8 Å². The van der Waals surface area contributed by atoms with Gasteiger partial charge in [0.05, 0.1) is 12.0 Å². The molecule has 8 atom stereocenters. The molecule has 1 aromatic carbocycles. The number of esters is 3. The van der Waals surface area contributed by atoms with Crippen LogP contribution in [0.4, 0.5) is 0 Å². The zero-order chi connectivity index (χ0) is 27.3. The molecule has 0 N–H and O–H groups in total. The third-order valence-electron chi connectivity index (χ3n) is 6.35. The van der Waals surface area contributed by atoms with Crippen LogP contribution in [0.1, 0.15) is 58.3 Å². The molecule has 0 aromatic heterocycles. The number of carbonyl (C=O) groups excluding carboxylic acids is 4. The summed E-state index contributed by atoms with van der Waals surface area (Å²) < 4.78 is 40.2. The van der Waals surface area contributed by atoms with Gasteiger partial charge in [0.1, 0.15) is 25.1 Å². The summed E-state index contributed by atoms with van der Waals surface area (Å²) in [6, 6.07) is 4.58. The molecule has 2 aliphatic rings. The highest BCUT2D eigenvalue weighted by molar-refractivity contribution is 5.76. The van der Waals surface area contributed by atoms with E-state index < -0.39 is 54.7 Å². The molecule has 0 spiro atoms. The summed E-state index contributed by atoms with van der Waals surface area (Å²) >= 11 is 0. The van der Waals surface area contributed by atoms with E-state index in [1.54, 1.807) is 19.1 Å². The minimum atomic E-state index is -0.930. The summed E-state index contributed by atoms with van der Waals surface area (Å²) in [6.07, 6.45) is -2.82. The molecule has 1 unspecified atom stereocenters. The van der Waals surface area contributed by atoms with E-state index in [0.717, 1.165) is 0 Å². The largest absolute Gasteiger partial charge is 0.463 e. The molecule has 0 saturated carbocycles. The van der Waals surface area contributed by atoms with Gasteiger partial charge in [-0.1, -0.05) is 20.8 Å². The first kappa shape index (κ1) is 28.4. The third-order valence-corrected chi connectivity index (χ3v) is 6.35. The van der Waals surface area contributed by atoms with Crippen molar-refractivity contribution in [1.29, 1.82) is 0 Å². The first-order valence-corrected chi connectivity index (χ1v) is 12.2. The van der Waals surface area contributed by atoms with Crippen molar-refractivity contribution in [1.82, 2.24) is 0 Å². The second-order valence-electron chi connectivity index (χ2n) is 9.22. The van der Waals surface area contributed by atoms with E-state index in [1.165, 1.54) is 26.8 Å². The average molecular weight is 523 g/mol. The number of aldehydes is 1. The molecule has 0 aliphatic carbocycles. The van der Waals surface area contributed by atoms with Crippen molar-refractivity contribution < 1.29 is 52.3 Å². The van der Waals surface area contributed by atoms with Crippen LogP contribution in [0.3, 0.4) is 0 Å². The molecule has 3 rings (SSSR count). The fourth-order valence-electron chi connectivity index (χ4n) is 4.50. The second-order valence-corrected chi connectivity index (χ2v) is 9.22. The van der Waals surface area contributed by atoms with Crippen molar-refractivity contribution in [3.8, 4) is 11.5 Å². The van der Waals surface area contributed by atoms with Crippen molar-refractivity contribution in [3.63, 3.8) is 0 Å². The lowest BCUT2D eigenvalue weighted by Gasteiger charge is -2.24. The Bertz CT molecular complexity index is 993. The van der Waals surface area contributed by atoms with Gasteiger partial charge in [0.15, 0.2) is 17.6 Å². The average Bonchev–Trinajstić information content (AvgIpc) is 3.28. The minimum Gasteiger partial charge on any atom is -0.463 e. The highest BCUT2D eigenvalue weighted by Crippen LogP contribution is 2.39. The van der Waals surface area contributed by atoms with Gasteiger partial charge in [0, 0.05) is 32.3 Å². The van der Waals surface area contributed by atoms with Crippen molar-refractivity contribution >= 4 is 24.2 Å². The highest BCUT2D eigenvalue weighted by atomic mass is 16.7. The Labute approximate surface area is 215 Å². The Morgan fingerprint density at radius 3 is 2.05 bits per heavy atom. The predicted octanol–water partition coefficient (Wildman–Crippen LogP) is 2.82. The molecule has 204 valence electrons. The van der Waals surface area contributed by atoms with Crippen LogP contribution in [0, 0.1) is 11.8 Å². The van der Waals surface area contributed by atoms with Gasteiger partial charge in [-0.3, -0.25) is 19.2 Å². The van der Waals surface area contributed by atoms with Gasteiger partial charge >= 0.3 is 17.9 Å². The van der Waals surface area contributed by atoms with E-state index in [1.807, 2.05) is 13.8 Å². The molecule has 2 fully saturated rings. The van der Waals surface area contributed by atoms with E-state index in [-0.39, 0.29) is 30.1 Å². The lowest BCUT2D eigenvalue weighted by molar-refractivity contribution is -0.164. The van der Waals surface area contributed by atoms with Crippen LogP contribution in [-0.2, 0) is 38.1 Å². The summed E-state index contributed by atoms with van der Waals surface area (Å²) in [5.41, 5.74) is 0.329. The topological polar surface area (TPSA) is 133 Å². The summed E-state index contributed by atoms with van der Waals surface area (Å²) in [7, 11) is 0. The fourth-order valence-corrected chi connectivity index (χ4v) is 4.50. The van der Waals surface area contributed by atoms with E-state index in [4.69, 9.17) is 33.2 Å². The van der Waals surface area contributed by atoms with Crippen LogP contribution in [0.2, 0.25) is 0 Å². The molecule has 2 aliphatic heterocycles. The Morgan fingerprint density at radius 2 is 1.46 bits per heavy atom. The lowest BCUT2D eigenvalue weighted by Crippen LogP contribution is -2.35. The van der Waals surface area contributed by atoms with Crippen molar-refractivity contribution in [3.05, 3.63) is 23.8 Å². The fraction of sp³-hybridized carbons (Fsp3) is 0.615. The predicted molar refractivity (Wildman–Crippen MR) is 127 cm³/mol. The van der Waals surface area contributed by atoms with Gasteiger partial charge in [-0.2, -0.15) is 0 Å². The van der Waals surface area contributed by atoms with Gasteiger partial charge in [0.2, 0.25) is 12.6 Å². The highest BCUT2D eigenvalue weighted by Gasteiger charge is 2.47. The normalized spacial score (nSPS) is 30.9. The Hall–Kier alpha value is -3.18.